The van der Waals surface area contributed by atoms with Crippen molar-refractivity contribution < 1.29 is 23.1 Å². The van der Waals surface area contributed by atoms with E-state index in [0.29, 0.717) is 30.9 Å². The summed E-state index contributed by atoms with van der Waals surface area (Å²) in [5.74, 6) is -0.290. The number of carbonyl (C=O) groups is 2. The Hall–Kier alpha value is -2.83. The molecule has 6 nitrogen and oxygen atoms in total. The number of nitrogens with zero attached hydrogens (tertiary/aromatic N) is 1. The molecule has 0 spiro atoms. The van der Waals surface area contributed by atoms with Crippen LogP contribution >= 0.6 is 0 Å². The van der Waals surface area contributed by atoms with E-state index in [2.05, 4.69) is 5.32 Å². The lowest BCUT2D eigenvalue weighted by molar-refractivity contribution is -0.131. The maximum Gasteiger partial charge on any atom is 0.255 e. The van der Waals surface area contributed by atoms with E-state index in [1.54, 1.807) is 26.1 Å². The van der Waals surface area contributed by atoms with Gasteiger partial charge in [-0.2, -0.15) is 0 Å². The highest BCUT2D eigenvalue weighted by Crippen LogP contribution is 2.11. The van der Waals surface area contributed by atoms with Crippen LogP contribution in [0.4, 0.5) is 4.39 Å². The molecular weight excluding hydrogens is 327 g/mol. The number of furan rings is 1. The first-order valence-corrected chi connectivity index (χ1v) is 7.94. The summed E-state index contributed by atoms with van der Waals surface area (Å²) in [6.07, 6.45) is 3.33. The van der Waals surface area contributed by atoms with Crippen LogP contribution in [0.1, 0.15) is 23.7 Å². The lowest BCUT2D eigenvalue weighted by Crippen LogP contribution is -2.45. The second-order valence-corrected chi connectivity index (χ2v) is 5.62. The average molecular weight is 348 g/mol. The van der Waals surface area contributed by atoms with Crippen molar-refractivity contribution in [2.45, 2.75) is 19.4 Å². The van der Waals surface area contributed by atoms with Crippen molar-refractivity contribution in [1.82, 2.24) is 10.2 Å². The number of ether oxygens (including phenoxy) is 1. The monoisotopic (exact) mass is 348 g/mol. The summed E-state index contributed by atoms with van der Waals surface area (Å²) >= 11 is 0. The van der Waals surface area contributed by atoms with Crippen molar-refractivity contribution in [3.63, 3.8) is 0 Å². The first-order valence-electron chi connectivity index (χ1n) is 7.94. The maximum atomic E-state index is 12.8. The number of benzene rings is 1. The molecule has 0 bridgehead atoms. The Balaban J connectivity index is 1.70. The molecule has 25 heavy (non-hydrogen) atoms. The molecule has 0 aliphatic carbocycles. The van der Waals surface area contributed by atoms with Crippen LogP contribution in [0, 0.1) is 5.82 Å². The van der Waals surface area contributed by atoms with Gasteiger partial charge in [0.1, 0.15) is 23.9 Å². The van der Waals surface area contributed by atoms with E-state index in [9.17, 15) is 14.0 Å². The minimum atomic E-state index is -0.648. The van der Waals surface area contributed by atoms with E-state index in [0.717, 1.165) is 0 Å². The minimum Gasteiger partial charge on any atom is -0.494 e. The summed E-state index contributed by atoms with van der Waals surface area (Å²) in [5.41, 5.74) is 0.370. The molecule has 0 aliphatic rings. The first kappa shape index (κ1) is 18.5. The lowest BCUT2D eigenvalue weighted by Gasteiger charge is -2.22. The highest BCUT2D eigenvalue weighted by molar-refractivity contribution is 5.97. The molecular formula is C18H21FN2O4. The van der Waals surface area contributed by atoms with Crippen molar-refractivity contribution in [2.24, 2.45) is 0 Å². The molecule has 2 amide bonds. The number of hydrogen-bond donors (Lipinski definition) is 1. The Morgan fingerprint density at radius 1 is 1.28 bits per heavy atom. The highest BCUT2D eigenvalue weighted by Gasteiger charge is 2.20. The molecule has 1 heterocycles. The molecule has 1 atom stereocenters. The van der Waals surface area contributed by atoms with Gasteiger partial charge in [0.05, 0.1) is 18.4 Å². The van der Waals surface area contributed by atoms with Crippen molar-refractivity contribution in [1.29, 1.82) is 0 Å². The van der Waals surface area contributed by atoms with Gasteiger partial charge >= 0.3 is 0 Å². The van der Waals surface area contributed by atoms with Crippen molar-refractivity contribution >= 4 is 11.8 Å². The van der Waals surface area contributed by atoms with E-state index in [4.69, 9.17) is 9.15 Å². The number of nitrogens with one attached hydrogen (secondary N) is 1. The number of likely N-dealkylation sites (N-methyl/N-ethyl adjacent to an activating group) is 1. The quantitative estimate of drug-likeness (QED) is 0.744. The lowest BCUT2D eigenvalue weighted by atomic mass is 10.2. The summed E-state index contributed by atoms with van der Waals surface area (Å²) in [7, 11) is 1.67. The van der Waals surface area contributed by atoms with Gasteiger partial charge in [-0.3, -0.25) is 9.59 Å². The zero-order valence-corrected chi connectivity index (χ0v) is 14.2. The molecule has 0 unspecified atom stereocenters. The third kappa shape index (κ3) is 5.63. The Morgan fingerprint density at radius 2 is 2.00 bits per heavy atom. The molecule has 7 heteroatoms. The Bertz CT molecular complexity index is 686. The number of rotatable bonds is 8. The van der Waals surface area contributed by atoms with Crippen LogP contribution in [-0.2, 0) is 4.79 Å². The molecule has 0 aliphatic heterocycles. The van der Waals surface area contributed by atoms with Crippen LogP contribution in [0.2, 0.25) is 0 Å². The first-order chi connectivity index (χ1) is 12.0. The number of amides is 2. The molecule has 1 aromatic carbocycles. The van der Waals surface area contributed by atoms with Gasteiger partial charge in [0.15, 0.2) is 0 Å². The highest BCUT2D eigenvalue weighted by atomic mass is 19.1. The van der Waals surface area contributed by atoms with Gasteiger partial charge in [-0.25, -0.2) is 4.39 Å². The molecule has 0 saturated carbocycles. The minimum absolute atomic E-state index is 0.196. The van der Waals surface area contributed by atoms with Gasteiger partial charge < -0.3 is 19.4 Å². The van der Waals surface area contributed by atoms with Crippen molar-refractivity contribution in [2.75, 3.05) is 20.2 Å². The predicted molar refractivity (Wildman–Crippen MR) is 89.8 cm³/mol. The summed E-state index contributed by atoms with van der Waals surface area (Å²) in [5, 5.41) is 2.63. The number of hydrogen-bond acceptors (Lipinski definition) is 4. The molecule has 1 aromatic heterocycles. The summed E-state index contributed by atoms with van der Waals surface area (Å²) in [6, 6.07) is 6.65. The van der Waals surface area contributed by atoms with Crippen LogP contribution in [0.25, 0.3) is 0 Å². The normalized spacial score (nSPS) is 11.6. The van der Waals surface area contributed by atoms with E-state index in [1.165, 1.54) is 35.6 Å². The molecule has 2 aromatic rings. The second kappa shape index (κ2) is 8.86. The van der Waals surface area contributed by atoms with Crippen LogP contribution in [0.5, 0.6) is 5.75 Å². The van der Waals surface area contributed by atoms with Gasteiger partial charge in [-0.05, 0) is 43.7 Å². The zero-order chi connectivity index (χ0) is 18.2. The van der Waals surface area contributed by atoms with E-state index < -0.39 is 6.04 Å². The van der Waals surface area contributed by atoms with Crippen LogP contribution in [-0.4, -0.2) is 43.0 Å². The fourth-order valence-corrected chi connectivity index (χ4v) is 2.20. The van der Waals surface area contributed by atoms with Crippen molar-refractivity contribution in [3.8, 4) is 5.75 Å². The number of halogens is 1. The molecule has 0 radical (unpaired) electrons. The van der Waals surface area contributed by atoms with Gasteiger partial charge in [0, 0.05) is 13.6 Å². The van der Waals surface area contributed by atoms with Gasteiger partial charge in [0.25, 0.3) is 5.91 Å². The average Bonchev–Trinajstić information content (AvgIpc) is 3.14. The largest absolute Gasteiger partial charge is 0.494 e. The summed E-state index contributed by atoms with van der Waals surface area (Å²) in [6.45, 7) is 2.51. The van der Waals surface area contributed by atoms with Gasteiger partial charge in [-0.15, -0.1) is 0 Å². The predicted octanol–water partition coefficient (Wildman–Crippen LogP) is 2.46. The molecule has 1 N–H and O–H groups in total. The van der Waals surface area contributed by atoms with E-state index in [1.807, 2.05) is 0 Å². The topological polar surface area (TPSA) is 71.8 Å². The SMILES string of the molecule is C[C@@H](NC(=O)c1ccoc1)C(=O)N(C)CCCOc1ccc(F)cc1. The van der Waals surface area contributed by atoms with Crippen molar-refractivity contribution in [3.05, 3.63) is 54.2 Å². The van der Waals surface area contributed by atoms with E-state index >= 15 is 0 Å². The summed E-state index contributed by atoms with van der Waals surface area (Å²) in [4.78, 5) is 25.7. The van der Waals surface area contributed by atoms with Gasteiger partial charge in [-0.1, -0.05) is 0 Å². The smallest absolute Gasteiger partial charge is 0.255 e. The van der Waals surface area contributed by atoms with Crippen LogP contribution < -0.4 is 10.1 Å². The zero-order valence-electron chi connectivity index (χ0n) is 14.2. The Kier molecular flexibility index (Phi) is 6.56. The van der Waals surface area contributed by atoms with Crippen LogP contribution in [0.3, 0.4) is 0 Å². The molecule has 134 valence electrons. The number of carbonyl (C=O) groups excluding carboxylic acids is 2. The van der Waals surface area contributed by atoms with E-state index in [-0.39, 0.29) is 17.6 Å². The fraction of sp³-hybridized carbons (Fsp3) is 0.333. The molecule has 0 fully saturated rings. The fourth-order valence-electron chi connectivity index (χ4n) is 2.20. The third-order valence-corrected chi connectivity index (χ3v) is 3.60. The standard InChI is InChI=1S/C18H21FN2O4/c1-13(20-17(22)14-8-11-24-12-14)18(23)21(2)9-3-10-25-16-6-4-15(19)5-7-16/h4-8,11-13H,3,9-10H2,1-2H3,(H,20,22)/t13-/m1/s1. The maximum absolute atomic E-state index is 12.8. The summed E-state index contributed by atoms with van der Waals surface area (Å²) < 4.78 is 23.1. The Morgan fingerprint density at radius 3 is 2.64 bits per heavy atom. The third-order valence-electron chi connectivity index (χ3n) is 3.60. The second-order valence-electron chi connectivity index (χ2n) is 5.62. The van der Waals surface area contributed by atoms with Crippen LogP contribution in [0.15, 0.2) is 47.3 Å². The van der Waals surface area contributed by atoms with Gasteiger partial charge in [0.2, 0.25) is 5.91 Å². The molecule has 0 saturated heterocycles. The molecule has 2 rings (SSSR count). The Labute approximate surface area is 145 Å².